The summed E-state index contributed by atoms with van der Waals surface area (Å²) in [6, 6.07) is 9.96. The SMILES string of the molecule is Cc1c([C@@H](CC(=O)O)c2ccc3c(c2)CN2C[C@]4(CCN4c4ncccc4S2(=O)=O)N3)ccn2c(C(F)(F)F)nnc12. The summed E-state index contributed by atoms with van der Waals surface area (Å²) in [5, 5.41) is 20.4. The first-order valence-electron chi connectivity index (χ1n) is 13.2. The number of hydrogen-bond donors (Lipinski definition) is 2. The summed E-state index contributed by atoms with van der Waals surface area (Å²) in [7, 11) is -3.91. The van der Waals surface area contributed by atoms with Crippen molar-refractivity contribution in [2.45, 2.75) is 49.0 Å². The molecule has 3 atom stereocenters. The fourth-order valence-corrected chi connectivity index (χ4v) is 7.97. The van der Waals surface area contributed by atoms with E-state index in [2.05, 4.69) is 20.5 Å². The molecule has 1 spiro atoms. The van der Waals surface area contributed by atoms with Gasteiger partial charge in [0.05, 0.1) is 13.0 Å². The molecule has 0 amide bonds. The summed E-state index contributed by atoms with van der Waals surface area (Å²) in [6.07, 6.45) is -1.60. The molecule has 1 saturated heterocycles. The van der Waals surface area contributed by atoms with E-state index < -0.39 is 39.6 Å². The number of sulfonamides is 1. The highest BCUT2D eigenvalue weighted by atomic mass is 32.2. The number of anilines is 2. The molecule has 42 heavy (non-hydrogen) atoms. The first-order valence-corrected chi connectivity index (χ1v) is 14.6. The average molecular weight is 600 g/mol. The van der Waals surface area contributed by atoms with Crippen molar-refractivity contribution in [3.63, 3.8) is 0 Å². The zero-order chi connectivity index (χ0) is 29.6. The van der Waals surface area contributed by atoms with Gasteiger partial charge in [-0.3, -0.25) is 9.20 Å². The fourth-order valence-electron chi connectivity index (χ4n) is 6.35. The van der Waals surface area contributed by atoms with Crippen LogP contribution in [0.5, 0.6) is 0 Å². The molecular weight excluding hydrogens is 575 g/mol. The lowest BCUT2D eigenvalue weighted by molar-refractivity contribution is -0.145. The number of rotatable bonds is 4. The molecule has 7 rings (SSSR count). The second kappa shape index (κ2) is 8.88. The Balaban J connectivity index is 1.33. The summed E-state index contributed by atoms with van der Waals surface area (Å²) in [5.74, 6) is -2.61. The van der Waals surface area contributed by atoms with Gasteiger partial charge in [0.2, 0.25) is 15.8 Å². The maximum atomic E-state index is 13.8. The number of pyridine rings is 2. The van der Waals surface area contributed by atoms with Crippen LogP contribution in [-0.4, -0.2) is 62.1 Å². The Morgan fingerprint density at radius 1 is 1.21 bits per heavy atom. The highest BCUT2D eigenvalue weighted by Crippen LogP contribution is 2.46. The monoisotopic (exact) mass is 599 g/mol. The first kappa shape index (κ1) is 26.6. The second-order valence-corrected chi connectivity index (χ2v) is 12.7. The molecule has 6 heterocycles. The fraction of sp³-hybridized carbons (Fsp3) is 0.333. The van der Waals surface area contributed by atoms with Crippen LogP contribution in [0, 0.1) is 6.92 Å². The van der Waals surface area contributed by atoms with Gasteiger partial charge in [0.25, 0.3) is 0 Å². The molecular formula is C27H24F3N7O4S. The van der Waals surface area contributed by atoms with E-state index in [-0.39, 0.29) is 30.1 Å². The van der Waals surface area contributed by atoms with Gasteiger partial charge >= 0.3 is 12.1 Å². The van der Waals surface area contributed by atoms with Crippen LogP contribution < -0.4 is 10.2 Å². The lowest BCUT2D eigenvalue weighted by Crippen LogP contribution is -2.68. The average Bonchev–Trinajstić information content (AvgIpc) is 3.26. The summed E-state index contributed by atoms with van der Waals surface area (Å²) >= 11 is 0. The maximum Gasteiger partial charge on any atom is 0.452 e. The van der Waals surface area contributed by atoms with Crippen LogP contribution in [0.1, 0.15) is 46.8 Å². The van der Waals surface area contributed by atoms with Crippen molar-refractivity contribution in [1.82, 2.24) is 23.9 Å². The summed E-state index contributed by atoms with van der Waals surface area (Å²) < 4.78 is 70.1. The summed E-state index contributed by atoms with van der Waals surface area (Å²) in [4.78, 5) is 18.5. The normalized spacial score (nSPS) is 23.0. The highest BCUT2D eigenvalue weighted by Gasteiger charge is 2.54. The Kier molecular flexibility index (Phi) is 5.63. The Hall–Kier alpha value is -4.24. The molecule has 1 fully saturated rings. The van der Waals surface area contributed by atoms with Gasteiger partial charge in [-0.25, -0.2) is 13.4 Å². The zero-order valence-electron chi connectivity index (χ0n) is 22.1. The zero-order valence-corrected chi connectivity index (χ0v) is 22.9. The van der Waals surface area contributed by atoms with Gasteiger partial charge in [-0.2, -0.15) is 17.5 Å². The number of benzene rings is 1. The van der Waals surface area contributed by atoms with Crippen molar-refractivity contribution in [2.75, 3.05) is 23.3 Å². The van der Waals surface area contributed by atoms with Crippen molar-refractivity contribution in [1.29, 1.82) is 0 Å². The number of nitrogens with one attached hydrogen (secondary N) is 1. The third-order valence-electron chi connectivity index (χ3n) is 8.45. The molecule has 1 aromatic carbocycles. The summed E-state index contributed by atoms with van der Waals surface area (Å²) in [5.41, 5.74) is 2.10. The van der Waals surface area contributed by atoms with Crippen molar-refractivity contribution in [3.8, 4) is 0 Å². The van der Waals surface area contributed by atoms with E-state index in [9.17, 15) is 31.5 Å². The van der Waals surface area contributed by atoms with Gasteiger partial charge in [-0.15, -0.1) is 10.2 Å². The molecule has 218 valence electrons. The molecule has 0 saturated carbocycles. The number of alkyl halides is 3. The van der Waals surface area contributed by atoms with E-state index in [1.54, 1.807) is 37.4 Å². The Bertz CT molecular complexity index is 1890. The molecule has 2 bridgehead atoms. The quantitative estimate of drug-likeness (QED) is 0.361. The van der Waals surface area contributed by atoms with Gasteiger partial charge in [0.1, 0.15) is 10.6 Å². The molecule has 11 nitrogen and oxygen atoms in total. The number of aromatic nitrogens is 4. The molecule has 0 radical (unpaired) electrons. The third kappa shape index (κ3) is 3.86. The number of hydrogen-bond acceptors (Lipinski definition) is 8. The van der Waals surface area contributed by atoms with Crippen LogP contribution in [-0.2, 0) is 27.5 Å². The molecule has 3 aliphatic heterocycles. The van der Waals surface area contributed by atoms with Gasteiger partial charge in [-0.05, 0) is 53.4 Å². The number of nitrogens with zero attached hydrogens (tertiary/aromatic N) is 6. The molecule has 3 aromatic heterocycles. The largest absolute Gasteiger partial charge is 0.481 e. The number of carboxylic acid groups (broad SMARTS) is 1. The second-order valence-electron chi connectivity index (χ2n) is 10.8. The minimum absolute atomic E-state index is 0.0228. The molecule has 3 aliphatic rings. The number of carbonyl (C=O) groups is 1. The van der Waals surface area contributed by atoms with E-state index in [1.807, 2.05) is 11.0 Å². The van der Waals surface area contributed by atoms with Gasteiger partial charge in [0, 0.05) is 43.5 Å². The van der Waals surface area contributed by atoms with Gasteiger partial charge in [-0.1, -0.05) is 12.1 Å². The Labute approximate surface area is 237 Å². The number of carboxylic acids is 1. The minimum Gasteiger partial charge on any atom is -0.481 e. The standard InChI is InChI=1S/C27H24F3N7O4S/c1-15-18(6-9-36-23(15)33-34-25(36)27(28,29)30)19(12-22(38)39)16-4-5-20-17(11-16)13-35-14-26(32-20)7-10-37(26)24-21(42(35,40)41)3-2-8-31-24/h2-6,8-9,11,19,32H,7,10,12-14H2,1H3,(H,38,39)/t19-,26+/m0/s1. The van der Waals surface area contributed by atoms with Gasteiger partial charge < -0.3 is 15.3 Å². The van der Waals surface area contributed by atoms with E-state index >= 15 is 0 Å². The van der Waals surface area contributed by atoms with Crippen LogP contribution in [0.2, 0.25) is 0 Å². The predicted molar refractivity (Wildman–Crippen MR) is 143 cm³/mol. The minimum atomic E-state index is -4.71. The van der Waals surface area contributed by atoms with E-state index in [1.165, 1.54) is 16.6 Å². The van der Waals surface area contributed by atoms with Gasteiger partial charge in [0.15, 0.2) is 11.5 Å². The molecule has 2 N–H and O–H groups in total. The van der Waals surface area contributed by atoms with Crippen molar-refractivity contribution in [3.05, 3.63) is 76.9 Å². The Morgan fingerprint density at radius 2 is 2.02 bits per heavy atom. The number of aryl methyl sites for hydroxylation is 1. The molecule has 1 unspecified atom stereocenters. The smallest absolute Gasteiger partial charge is 0.452 e. The van der Waals surface area contributed by atoms with E-state index in [0.29, 0.717) is 46.7 Å². The predicted octanol–water partition coefficient (Wildman–Crippen LogP) is 3.59. The summed E-state index contributed by atoms with van der Waals surface area (Å²) in [6.45, 7) is 2.45. The maximum absolute atomic E-state index is 13.8. The van der Waals surface area contributed by atoms with Crippen LogP contribution in [0.25, 0.3) is 5.65 Å². The molecule has 4 aromatic rings. The van der Waals surface area contributed by atoms with E-state index in [0.717, 1.165) is 4.40 Å². The lowest BCUT2D eigenvalue weighted by Gasteiger charge is -2.53. The van der Waals surface area contributed by atoms with Crippen LogP contribution in [0.3, 0.4) is 0 Å². The third-order valence-corrected chi connectivity index (χ3v) is 10.3. The Morgan fingerprint density at radius 3 is 2.74 bits per heavy atom. The number of fused-ring (bicyclic) bond motifs is 5. The van der Waals surface area contributed by atoms with Crippen LogP contribution >= 0.6 is 0 Å². The van der Waals surface area contributed by atoms with Crippen molar-refractivity contribution < 1.29 is 31.5 Å². The van der Waals surface area contributed by atoms with E-state index in [4.69, 9.17) is 0 Å². The van der Waals surface area contributed by atoms with Crippen LogP contribution in [0.4, 0.5) is 24.7 Å². The lowest BCUT2D eigenvalue weighted by atomic mass is 9.85. The highest BCUT2D eigenvalue weighted by molar-refractivity contribution is 7.89. The topological polar surface area (TPSA) is 133 Å². The first-order chi connectivity index (χ1) is 19.9. The van der Waals surface area contributed by atoms with Crippen molar-refractivity contribution >= 4 is 33.1 Å². The number of aliphatic carboxylic acids is 1. The van der Waals surface area contributed by atoms with Crippen LogP contribution in [0.15, 0.2) is 53.7 Å². The molecule has 15 heteroatoms. The van der Waals surface area contributed by atoms with Crippen molar-refractivity contribution in [2.24, 2.45) is 0 Å². The number of halogens is 3. The molecule has 0 aliphatic carbocycles.